The van der Waals surface area contributed by atoms with Crippen LogP contribution in [-0.2, 0) is 11.3 Å². The third-order valence-corrected chi connectivity index (χ3v) is 5.61. The Labute approximate surface area is 166 Å². The van der Waals surface area contributed by atoms with Crippen LogP contribution in [0.3, 0.4) is 0 Å². The summed E-state index contributed by atoms with van der Waals surface area (Å²) in [6.07, 6.45) is 8.08. The summed E-state index contributed by atoms with van der Waals surface area (Å²) in [6, 6.07) is 10.5. The van der Waals surface area contributed by atoms with Crippen LogP contribution in [0.5, 0.6) is 0 Å². The van der Waals surface area contributed by atoms with Crippen molar-refractivity contribution in [3.05, 3.63) is 59.7 Å². The molecule has 1 amide bonds. The lowest BCUT2D eigenvalue weighted by Gasteiger charge is -2.31. The normalized spacial score (nSPS) is 18.7. The molecule has 1 aliphatic heterocycles. The second-order valence-electron chi connectivity index (χ2n) is 7.42. The third kappa shape index (κ3) is 4.93. The molecular formula is C22H27N5O. The monoisotopic (exact) mass is 377 g/mol. The van der Waals surface area contributed by atoms with Gasteiger partial charge < -0.3 is 4.90 Å². The van der Waals surface area contributed by atoms with E-state index in [1.165, 1.54) is 11.9 Å². The lowest BCUT2D eigenvalue weighted by Crippen LogP contribution is -2.39. The van der Waals surface area contributed by atoms with Gasteiger partial charge in [-0.05, 0) is 50.4 Å². The first kappa shape index (κ1) is 20.0. The fourth-order valence-electron chi connectivity index (χ4n) is 3.95. The average molecular weight is 377 g/mol. The zero-order valence-electron chi connectivity index (χ0n) is 16.6. The molecule has 1 aliphatic rings. The molecule has 2 atom stereocenters. The summed E-state index contributed by atoms with van der Waals surface area (Å²) in [4.78, 5) is 24.9. The summed E-state index contributed by atoms with van der Waals surface area (Å²) in [7, 11) is 0. The van der Waals surface area contributed by atoms with E-state index >= 15 is 0 Å². The number of nitriles is 1. The maximum absolute atomic E-state index is 12.3. The molecule has 1 aromatic heterocycles. The Hall–Kier alpha value is -2.78. The summed E-state index contributed by atoms with van der Waals surface area (Å²) in [5.74, 6) is 0.0995. The number of nitrogens with zero attached hydrogens (tertiary/aromatic N) is 5. The van der Waals surface area contributed by atoms with Gasteiger partial charge in [0.05, 0.1) is 11.6 Å². The molecule has 3 rings (SSSR count). The number of benzene rings is 1. The first-order chi connectivity index (χ1) is 13.6. The van der Waals surface area contributed by atoms with E-state index in [1.54, 1.807) is 19.3 Å². The molecule has 0 N–H and O–H groups in total. The van der Waals surface area contributed by atoms with Gasteiger partial charge in [-0.15, -0.1) is 0 Å². The van der Waals surface area contributed by atoms with Crippen molar-refractivity contribution >= 4 is 5.91 Å². The van der Waals surface area contributed by atoms with Gasteiger partial charge in [0.1, 0.15) is 6.33 Å². The molecule has 6 nitrogen and oxygen atoms in total. The minimum atomic E-state index is 0.0995. The Balaban J connectivity index is 1.65. The van der Waals surface area contributed by atoms with Gasteiger partial charge in [0.15, 0.2) is 0 Å². The third-order valence-electron chi connectivity index (χ3n) is 5.61. The van der Waals surface area contributed by atoms with Gasteiger partial charge in [-0.2, -0.15) is 5.26 Å². The Morgan fingerprint density at radius 3 is 2.61 bits per heavy atom. The predicted molar refractivity (Wildman–Crippen MR) is 107 cm³/mol. The van der Waals surface area contributed by atoms with Crippen molar-refractivity contribution in [3.8, 4) is 6.07 Å². The smallest absolute Gasteiger partial charge is 0.219 e. The van der Waals surface area contributed by atoms with E-state index < -0.39 is 0 Å². The molecule has 0 bridgehead atoms. The van der Waals surface area contributed by atoms with E-state index in [0.717, 1.165) is 37.9 Å². The van der Waals surface area contributed by atoms with Crippen molar-refractivity contribution in [2.45, 2.75) is 51.7 Å². The second-order valence-corrected chi connectivity index (χ2v) is 7.42. The number of aromatic nitrogens is 2. The predicted octanol–water partition coefficient (Wildman–Crippen LogP) is 3.31. The summed E-state index contributed by atoms with van der Waals surface area (Å²) >= 11 is 0. The molecule has 0 spiro atoms. The zero-order valence-corrected chi connectivity index (χ0v) is 16.6. The van der Waals surface area contributed by atoms with Gasteiger partial charge in [-0.3, -0.25) is 9.69 Å². The van der Waals surface area contributed by atoms with Crippen molar-refractivity contribution < 1.29 is 4.79 Å². The first-order valence-electron chi connectivity index (χ1n) is 9.83. The average Bonchev–Trinajstić information content (AvgIpc) is 2.98. The molecule has 146 valence electrons. The van der Waals surface area contributed by atoms with Gasteiger partial charge in [0.25, 0.3) is 0 Å². The summed E-state index contributed by atoms with van der Waals surface area (Å²) in [6.45, 7) is 6.38. The highest BCUT2D eigenvalue weighted by Crippen LogP contribution is 2.26. The van der Waals surface area contributed by atoms with E-state index in [4.69, 9.17) is 5.26 Å². The minimum Gasteiger partial charge on any atom is -0.335 e. The van der Waals surface area contributed by atoms with Crippen molar-refractivity contribution in [1.29, 1.82) is 5.26 Å². The Morgan fingerprint density at radius 1 is 1.25 bits per heavy atom. The maximum atomic E-state index is 12.3. The number of hydrogen-bond acceptors (Lipinski definition) is 5. The largest absolute Gasteiger partial charge is 0.335 e. The van der Waals surface area contributed by atoms with E-state index in [-0.39, 0.29) is 11.9 Å². The Morgan fingerprint density at radius 2 is 1.96 bits per heavy atom. The summed E-state index contributed by atoms with van der Waals surface area (Å²) in [5, 5.41) is 8.98. The van der Waals surface area contributed by atoms with Gasteiger partial charge in [0.2, 0.25) is 5.91 Å². The number of carbonyl (C=O) groups excluding carboxylic acids is 1. The topological polar surface area (TPSA) is 73.1 Å². The Bertz CT molecular complexity index is 815. The van der Waals surface area contributed by atoms with Gasteiger partial charge in [0, 0.05) is 50.1 Å². The first-order valence-corrected chi connectivity index (χ1v) is 9.83. The zero-order chi connectivity index (χ0) is 19.9. The van der Waals surface area contributed by atoms with Crippen LogP contribution in [0.2, 0.25) is 0 Å². The SMILES string of the molecule is CC(=O)N(Cc1cncnc1)[C@H]1CCCN([C@H](C)c2ccc(C#N)cc2)CC1. The highest BCUT2D eigenvalue weighted by atomic mass is 16.2. The number of hydrogen-bond donors (Lipinski definition) is 0. The second kappa shape index (κ2) is 9.43. The molecule has 1 saturated heterocycles. The van der Waals surface area contributed by atoms with Crippen molar-refractivity contribution in [1.82, 2.24) is 19.8 Å². The minimum absolute atomic E-state index is 0.0995. The van der Waals surface area contributed by atoms with Crippen LogP contribution < -0.4 is 0 Å². The number of likely N-dealkylation sites (tertiary alicyclic amines) is 1. The fraction of sp³-hybridized carbons (Fsp3) is 0.455. The van der Waals surface area contributed by atoms with Crippen LogP contribution in [0, 0.1) is 11.3 Å². The molecule has 0 unspecified atom stereocenters. The van der Waals surface area contributed by atoms with Gasteiger partial charge in [-0.1, -0.05) is 12.1 Å². The van der Waals surface area contributed by atoms with Crippen LogP contribution >= 0.6 is 0 Å². The van der Waals surface area contributed by atoms with Crippen molar-refractivity contribution in [2.75, 3.05) is 13.1 Å². The fourth-order valence-corrected chi connectivity index (χ4v) is 3.95. The maximum Gasteiger partial charge on any atom is 0.219 e. The standard InChI is InChI=1S/C22H27N5O/c1-17(21-7-5-19(12-23)6-8-21)26-10-3-4-22(9-11-26)27(18(2)28)15-20-13-24-16-25-14-20/h5-8,13-14,16-17,22H,3-4,9-11,15H2,1-2H3/t17-,22+/m1/s1. The van der Waals surface area contributed by atoms with E-state index in [9.17, 15) is 4.79 Å². The van der Waals surface area contributed by atoms with Crippen LogP contribution in [0.25, 0.3) is 0 Å². The van der Waals surface area contributed by atoms with Crippen LogP contribution in [-0.4, -0.2) is 44.8 Å². The van der Waals surface area contributed by atoms with E-state index in [0.29, 0.717) is 18.2 Å². The molecular weight excluding hydrogens is 350 g/mol. The van der Waals surface area contributed by atoms with Gasteiger partial charge >= 0.3 is 0 Å². The van der Waals surface area contributed by atoms with Gasteiger partial charge in [-0.25, -0.2) is 9.97 Å². The number of carbonyl (C=O) groups is 1. The van der Waals surface area contributed by atoms with Crippen molar-refractivity contribution in [2.24, 2.45) is 0 Å². The van der Waals surface area contributed by atoms with E-state index in [2.05, 4.69) is 27.9 Å². The van der Waals surface area contributed by atoms with Crippen LogP contribution in [0.1, 0.15) is 55.8 Å². The molecule has 0 aliphatic carbocycles. The van der Waals surface area contributed by atoms with Crippen LogP contribution in [0.15, 0.2) is 43.0 Å². The quantitative estimate of drug-likeness (QED) is 0.799. The molecule has 0 saturated carbocycles. The summed E-state index contributed by atoms with van der Waals surface area (Å²) in [5.41, 5.74) is 2.88. The number of amides is 1. The molecule has 1 fully saturated rings. The highest BCUT2D eigenvalue weighted by Gasteiger charge is 2.26. The number of rotatable bonds is 5. The van der Waals surface area contributed by atoms with Crippen LogP contribution in [0.4, 0.5) is 0 Å². The highest BCUT2D eigenvalue weighted by molar-refractivity contribution is 5.73. The molecule has 2 heterocycles. The molecule has 1 aromatic carbocycles. The molecule has 6 heteroatoms. The Kier molecular flexibility index (Phi) is 6.72. The molecule has 0 radical (unpaired) electrons. The lowest BCUT2D eigenvalue weighted by atomic mass is 10.0. The lowest BCUT2D eigenvalue weighted by molar-refractivity contribution is -0.132. The van der Waals surface area contributed by atoms with Crippen molar-refractivity contribution in [3.63, 3.8) is 0 Å². The molecule has 2 aromatic rings. The molecule has 28 heavy (non-hydrogen) atoms. The summed E-state index contributed by atoms with van der Waals surface area (Å²) < 4.78 is 0. The van der Waals surface area contributed by atoms with E-state index in [1.807, 2.05) is 29.2 Å².